The van der Waals surface area contributed by atoms with Gasteiger partial charge in [-0.3, -0.25) is 0 Å². The first kappa shape index (κ1) is 15.4. The van der Waals surface area contributed by atoms with Crippen molar-refractivity contribution in [2.45, 2.75) is 6.54 Å². The molecule has 2 rings (SSSR count). The number of benzene rings is 2. The topological polar surface area (TPSA) is 44.4 Å². The van der Waals surface area contributed by atoms with Gasteiger partial charge in [0.15, 0.2) is 0 Å². The van der Waals surface area contributed by atoms with Crippen LogP contribution in [0, 0.1) is 0 Å². The number of anilines is 2. The van der Waals surface area contributed by atoms with Crippen LogP contribution in [0.15, 0.2) is 53.0 Å². The number of amides is 2. The second-order valence-electron chi connectivity index (χ2n) is 4.84. The molecule has 5 heteroatoms. The number of hydrogen-bond acceptors (Lipinski definition) is 2. The Morgan fingerprint density at radius 2 is 1.90 bits per heavy atom. The first-order valence-electron chi connectivity index (χ1n) is 6.62. The molecule has 2 N–H and O–H groups in total. The molecule has 0 radical (unpaired) electrons. The lowest BCUT2D eigenvalue weighted by Crippen LogP contribution is -2.28. The molecule has 21 heavy (non-hydrogen) atoms. The molecule has 2 aromatic carbocycles. The number of nitrogens with one attached hydrogen (secondary N) is 2. The SMILES string of the molecule is CN(C)c1cccc(NC(=O)NCc2ccccc2Br)c1. The predicted molar refractivity (Wildman–Crippen MR) is 90.8 cm³/mol. The quantitative estimate of drug-likeness (QED) is 0.882. The van der Waals surface area contributed by atoms with Gasteiger partial charge in [-0.05, 0) is 29.8 Å². The Morgan fingerprint density at radius 3 is 2.62 bits per heavy atom. The van der Waals surface area contributed by atoms with Gasteiger partial charge in [0.05, 0.1) is 0 Å². The number of carbonyl (C=O) groups is 1. The Labute approximate surface area is 133 Å². The first-order chi connectivity index (χ1) is 10.1. The van der Waals surface area contributed by atoms with E-state index in [1.807, 2.05) is 67.5 Å². The molecule has 0 heterocycles. The summed E-state index contributed by atoms with van der Waals surface area (Å²) < 4.78 is 0.986. The summed E-state index contributed by atoms with van der Waals surface area (Å²) in [5.41, 5.74) is 2.85. The largest absolute Gasteiger partial charge is 0.378 e. The summed E-state index contributed by atoms with van der Waals surface area (Å²) in [6, 6.07) is 15.3. The highest BCUT2D eigenvalue weighted by atomic mass is 79.9. The maximum absolute atomic E-state index is 11.9. The summed E-state index contributed by atoms with van der Waals surface area (Å²) in [4.78, 5) is 13.9. The molecule has 0 bridgehead atoms. The monoisotopic (exact) mass is 347 g/mol. The van der Waals surface area contributed by atoms with E-state index in [0.717, 1.165) is 21.4 Å². The van der Waals surface area contributed by atoms with E-state index in [9.17, 15) is 4.79 Å². The van der Waals surface area contributed by atoms with Gasteiger partial charge in [0.1, 0.15) is 0 Å². The third-order valence-electron chi connectivity index (χ3n) is 3.02. The number of urea groups is 1. The second-order valence-corrected chi connectivity index (χ2v) is 5.70. The summed E-state index contributed by atoms with van der Waals surface area (Å²) in [6.07, 6.45) is 0. The van der Waals surface area contributed by atoms with E-state index < -0.39 is 0 Å². The van der Waals surface area contributed by atoms with E-state index >= 15 is 0 Å². The normalized spacial score (nSPS) is 10.0. The standard InChI is InChI=1S/C16H18BrN3O/c1-20(2)14-8-5-7-13(10-14)19-16(21)18-11-12-6-3-4-9-15(12)17/h3-10H,11H2,1-2H3,(H2,18,19,21). The molecule has 2 aromatic rings. The highest BCUT2D eigenvalue weighted by Crippen LogP contribution is 2.18. The van der Waals surface area contributed by atoms with Gasteiger partial charge in [0.25, 0.3) is 0 Å². The molecular weight excluding hydrogens is 330 g/mol. The molecule has 0 fully saturated rings. The molecule has 0 saturated carbocycles. The molecule has 4 nitrogen and oxygen atoms in total. The number of carbonyl (C=O) groups excluding carboxylic acids is 1. The molecule has 0 aliphatic rings. The van der Waals surface area contributed by atoms with Gasteiger partial charge in [-0.2, -0.15) is 0 Å². The highest BCUT2D eigenvalue weighted by Gasteiger charge is 2.04. The third-order valence-corrected chi connectivity index (χ3v) is 3.79. The average Bonchev–Trinajstić information content (AvgIpc) is 2.46. The van der Waals surface area contributed by atoms with Crippen LogP contribution < -0.4 is 15.5 Å². The summed E-state index contributed by atoms with van der Waals surface area (Å²) in [7, 11) is 3.93. The smallest absolute Gasteiger partial charge is 0.319 e. The van der Waals surface area contributed by atoms with Crippen molar-refractivity contribution < 1.29 is 4.79 Å². The van der Waals surface area contributed by atoms with Crippen LogP contribution in [-0.2, 0) is 6.54 Å². The van der Waals surface area contributed by atoms with E-state index in [2.05, 4.69) is 26.6 Å². The summed E-state index contributed by atoms with van der Waals surface area (Å²) in [5, 5.41) is 5.68. The van der Waals surface area contributed by atoms with Crippen molar-refractivity contribution in [1.29, 1.82) is 0 Å². The molecule has 0 aliphatic carbocycles. The lowest BCUT2D eigenvalue weighted by atomic mass is 10.2. The van der Waals surface area contributed by atoms with E-state index in [-0.39, 0.29) is 6.03 Å². The van der Waals surface area contributed by atoms with Crippen LogP contribution in [0.25, 0.3) is 0 Å². The van der Waals surface area contributed by atoms with Crippen LogP contribution >= 0.6 is 15.9 Å². The number of halogens is 1. The number of nitrogens with zero attached hydrogens (tertiary/aromatic N) is 1. The van der Waals surface area contributed by atoms with E-state index in [1.165, 1.54) is 0 Å². The van der Waals surface area contributed by atoms with E-state index in [0.29, 0.717) is 6.54 Å². The molecule has 110 valence electrons. The number of rotatable bonds is 4. The Bertz CT molecular complexity index is 628. The van der Waals surface area contributed by atoms with Gasteiger partial charge in [0, 0.05) is 36.5 Å². The zero-order chi connectivity index (χ0) is 15.2. The van der Waals surface area contributed by atoms with Crippen LogP contribution in [0.2, 0.25) is 0 Å². The first-order valence-corrected chi connectivity index (χ1v) is 7.41. The average molecular weight is 348 g/mol. The zero-order valence-corrected chi connectivity index (χ0v) is 13.6. The van der Waals surface area contributed by atoms with Gasteiger partial charge in [0.2, 0.25) is 0 Å². The van der Waals surface area contributed by atoms with Crippen molar-refractivity contribution in [1.82, 2.24) is 5.32 Å². The van der Waals surface area contributed by atoms with Crippen LogP contribution in [0.5, 0.6) is 0 Å². The van der Waals surface area contributed by atoms with Gasteiger partial charge in [-0.15, -0.1) is 0 Å². The summed E-state index contributed by atoms with van der Waals surface area (Å²) >= 11 is 3.46. The molecule has 0 unspecified atom stereocenters. The van der Waals surface area contributed by atoms with E-state index in [1.54, 1.807) is 0 Å². The molecule has 0 aromatic heterocycles. The predicted octanol–water partition coefficient (Wildman–Crippen LogP) is 3.84. The lowest BCUT2D eigenvalue weighted by Gasteiger charge is -2.14. The minimum absolute atomic E-state index is 0.221. The van der Waals surface area contributed by atoms with Crippen molar-refractivity contribution in [2.75, 3.05) is 24.3 Å². The second kappa shape index (κ2) is 7.13. The van der Waals surface area contributed by atoms with Crippen molar-refractivity contribution in [3.8, 4) is 0 Å². The van der Waals surface area contributed by atoms with Crippen LogP contribution in [-0.4, -0.2) is 20.1 Å². The lowest BCUT2D eigenvalue weighted by molar-refractivity contribution is 0.251. The number of hydrogen-bond donors (Lipinski definition) is 2. The Hall–Kier alpha value is -2.01. The Kier molecular flexibility index (Phi) is 5.22. The van der Waals surface area contributed by atoms with Gasteiger partial charge in [-0.1, -0.05) is 40.2 Å². The van der Waals surface area contributed by atoms with Crippen molar-refractivity contribution in [3.05, 3.63) is 58.6 Å². The van der Waals surface area contributed by atoms with Gasteiger partial charge >= 0.3 is 6.03 Å². The van der Waals surface area contributed by atoms with Gasteiger partial charge < -0.3 is 15.5 Å². The van der Waals surface area contributed by atoms with Crippen molar-refractivity contribution in [2.24, 2.45) is 0 Å². The molecule has 0 saturated heterocycles. The fraction of sp³-hybridized carbons (Fsp3) is 0.188. The zero-order valence-electron chi connectivity index (χ0n) is 12.1. The van der Waals surface area contributed by atoms with Crippen molar-refractivity contribution >= 4 is 33.3 Å². The Morgan fingerprint density at radius 1 is 1.14 bits per heavy atom. The summed E-state index contributed by atoms with van der Waals surface area (Å²) in [5.74, 6) is 0. The van der Waals surface area contributed by atoms with Crippen molar-refractivity contribution in [3.63, 3.8) is 0 Å². The van der Waals surface area contributed by atoms with Crippen LogP contribution in [0.1, 0.15) is 5.56 Å². The Balaban J connectivity index is 1.93. The fourth-order valence-electron chi connectivity index (χ4n) is 1.85. The maximum atomic E-state index is 11.9. The van der Waals surface area contributed by atoms with Gasteiger partial charge in [-0.25, -0.2) is 4.79 Å². The minimum Gasteiger partial charge on any atom is -0.378 e. The van der Waals surface area contributed by atoms with E-state index in [4.69, 9.17) is 0 Å². The molecule has 2 amide bonds. The third kappa shape index (κ3) is 4.49. The molecule has 0 aliphatic heterocycles. The fourth-order valence-corrected chi connectivity index (χ4v) is 2.28. The molecule has 0 atom stereocenters. The van der Waals surface area contributed by atoms with Crippen LogP contribution in [0.3, 0.4) is 0 Å². The minimum atomic E-state index is -0.221. The molecule has 0 spiro atoms. The molecular formula is C16H18BrN3O. The van der Waals surface area contributed by atoms with Crippen LogP contribution in [0.4, 0.5) is 16.2 Å². The highest BCUT2D eigenvalue weighted by molar-refractivity contribution is 9.10. The maximum Gasteiger partial charge on any atom is 0.319 e. The summed E-state index contributed by atoms with van der Waals surface area (Å²) in [6.45, 7) is 0.473.